The number of esters is 1. The van der Waals surface area contributed by atoms with E-state index in [9.17, 15) is 19.5 Å². The molecule has 6 rings (SSSR count). The number of Topliss-reactive ketones (excluding diaryl/α,β-unsaturated/α-hetero) is 2. The normalized spacial score (nSPS) is 22.4. The molecule has 2 saturated heterocycles. The Labute approximate surface area is 296 Å². The Morgan fingerprint density at radius 1 is 1.02 bits per heavy atom. The average molecular weight is 687 g/mol. The lowest BCUT2D eigenvalue weighted by molar-refractivity contribution is -0.159. The molecule has 3 aliphatic heterocycles. The van der Waals surface area contributed by atoms with E-state index in [-0.39, 0.29) is 29.0 Å². The van der Waals surface area contributed by atoms with Crippen LogP contribution < -0.4 is 0 Å². The van der Waals surface area contributed by atoms with Crippen molar-refractivity contribution >= 4 is 28.9 Å². The van der Waals surface area contributed by atoms with Crippen LogP contribution in [0.15, 0.2) is 35.3 Å². The number of carbonyl (C=O) groups excluding carboxylic acids is 3. The SMILES string of the molecule is COC(=O)C1CN(CCC(=O)c2cccc([C@@H](CCN3CCC(O)CC3)CC(=O)C3=Nc4cc5c(nc4C3)CC[C@H](C(C)(C)C)C5)c2)CCO1. The van der Waals surface area contributed by atoms with Gasteiger partial charge in [-0.05, 0) is 85.6 Å². The highest BCUT2D eigenvalue weighted by Gasteiger charge is 2.33. The van der Waals surface area contributed by atoms with Crippen molar-refractivity contribution in [1.82, 2.24) is 14.8 Å². The molecule has 1 aromatic heterocycles. The molecule has 4 heterocycles. The number of hydrogen-bond donors (Lipinski definition) is 1. The van der Waals surface area contributed by atoms with Gasteiger partial charge in [0.2, 0.25) is 0 Å². The molecular formula is C40H54N4O6. The Morgan fingerprint density at radius 3 is 2.58 bits per heavy atom. The molecule has 10 heteroatoms. The average Bonchev–Trinajstić information content (AvgIpc) is 3.54. The van der Waals surface area contributed by atoms with Gasteiger partial charge in [0.25, 0.3) is 0 Å². The summed E-state index contributed by atoms with van der Waals surface area (Å²) >= 11 is 0. The first-order chi connectivity index (χ1) is 24.0. The molecule has 0 spiro atoms. The molecule has 0 radical (unpaired) electrons. The fraction of sp³-hybridized carbons (Fsp3) is 0.625. The molecule has 4 aliphatic rings. The third-order valence-corrected chi connectivity index (χ3v) is 11.3. The fourth-order valence-electron chi connectivity index (χ4n) is 7.93. The van der Waals surface area contributed by atoms with Crippen molar-refractivity contribution in [2.45, 2.75) is 96.7 Å². The summed E-state index contributed by atoms with van der Waals surface area (Å²) in [7, 11) is 1.35. The van der Waals surface area contributed by atoms with Gasteiger partial charge in [0.15, 0.2) is 17.7 Å². The molecule has 0 saturated carbocycles. The molecule has 10 nitrogen and oxygen atoms in total. The number of aromatic nitrogens is 1. The smallest absolute Gasteiger partial charge is 0.336 e. The predicted molar refractivity (Wildman–Crippen MR) is 192 cm³/mol. The van der Waals surface area contributed by atoms with Gasteiger partial charge in [0.05, 0.1) is 36.9 Å². The second-order valence-electron chi connectivity index (χ2n) is 15.8. The molecule has 1 aliphatic carbocycles. The molecular weight excluding hydrogens is 632 g/mol. The van der Waals surface area contributed by atoms with Crippen molar-refractivity contribution in [2.24, 2.45) is 16.3 Å². The van der Waals surface area contributed by atoms with Crippen molar-refractivity contribution in [2.75, 3.05) is 53.0 Å². The molecule has 1 aromatic carbocycles. The summed E-state index contributed by atoms with van der Waals surface area (Å²) in [5, 5.41) is 10.0. The molecule has 1 unspecified atom stereocenters. The van der Waals surface area contributed by atoms with E-state index < -0.39 is 12.1 Å². The lowest BCUT2D eigenvalue weighted by atomic mass is 9.71. The van der Waals surface area contributed by atoms with Gasteiger partial charge in [-0.3, -0.25) is 19.5 Å². The summed E-state index contributed by atoms with van der Waals surface area (Å²) < 4.78 is 10.4. The number of pyridine rings is 1. The number of piperidine rings is 1. The number of morpholine rings is 1. The number of methoxy groups -OCH3 is 1. The Hall–Kier alpha value is -3.31. The minimum Gasteiger partial charge on any atom is -0.467 e. The van der Waals surface area contributed by atoms with E-state index in [2.05, 4.69) is 36.6 Å². The van der Waals surface area contributed by atoms with Gasteiger partial charge in [-0.15, -0.1) is 0 Å². The summed E-state index contributed by atoms with van der Waals surface area (Å²) in [6.07, 6.45) is 5.64. The van der Waals surface area contributed by atoms with Crippen LogP contribution in [-0.2, 0) is 38.3 Å². The summed E-state index contributed by atoms with van der Waals surface area (Å²) in [5.41, 5.74) is 6.63. The first-order valence-corrected chi connectivity index (χ1v) is 18.5. The van der Waals surface area contributed by atoms with Gasteiger partial charge in [-0.2, -0.15) is 0 Å². The van der Waals surface area contributed by atoms with E-state index in [1.54, 1.807) is 0 Å². The zero-order chi connectivity index (χ0) is 35.4. The van der Waals surface area contributed by atoms with E-state index in [1.165, 1.54) is 12.7 Å². The third-order valence-electron chi connectivity index (χ3n) is 11.3. The standard InChI is InChI=1S/C40H54N4O6/c1-40(2,3)30-8-9-32-29(21-30)22-33-34(41-32)24-35(42-33)37(47)23-27(10-14-43-15-11-31(45)12-16-43)26-6-5-7-28(20-26)36(46)13-17-44-18-19-50-38(25-44)39(48)49-4/h5-7,20,22,27,30-31,38,45H,8-19,21,23-25H2,1-4H3/t27-,30-,38?/m0/s1. The number of aliphatic imine (C=N–C) groups is 1. The van der Waals surface area contributed by atoms with Crippen LogP contribution in [0.25, 0.3) is 0 Å². The van der Waals surface area contributed by atoms with E-state index in [0.29, 0.717) is 62.7 Å². The van der Waals surface area contributed by atoms with Crippen molar-refractivity contribution in [1.29, 1.82) is 0 Å². The van der Waals surface area contributed by atoms with E-state index >= 15 is 0 Å². The van der Waals surface area contributed by atoms with Gasteiger partial charge in [0, 0.05) is 63.2 Å². The van der Waals surface area contributed by atoms with Crippen LogP contribution in [0.3, 0.4) is 0 Å². The molecule has 50 heavy (non-hydrogen) atoms. The summed E-state index contributed by atoms with van der Waals surface area (Å²) in [6.45, 7) is 11.4. The fourth-order valence-corrected chi connectivity index (χ4v) is 7.93. The van der Waals surface area contributed by atoms with Crippen LogP contribution in [-0.4, -0.2) is 108 Å². The zero-order valence-corrected chi connectivity index (χ0v) is 30.3. The highest BCUT2D eigenvalue weighted by Crippen LogP contribution is 2.39. The van der Waals surface area contributed by atoms with Gasteiger partial charge < -0.3 is 19.5 Å². The van der Waals surface area contributed by atoms with Crippen LogP contribution in [0.5, 0.6) is 0 Å². The Morgan fingerprint density at radius 2 is 1.82 bits per heavy atom. The number of ether oxygens (including phenoxy) is 2. The number of carbonyl (C=O) groups is 3. The molecule has 0 bridgehead atoms. The highest BCUT2D eigenvalue weighted by molar-refractivity contribution is 6.41. The van der Waals surface area contributed by atoms with Crippen molar-refractivity contribution in [3.63, 3.8) is 0 Å². The Bertz CT molecular complexity index is 1590. The quantitative estimate of drug-likeness (QED) is 0.246. The Kier molecular flexibility index (Phi) is 11.6. The van der Waals surface area contributed by atoms with Crippen LogP contribution in [0.1, 0.15) is 98.1 Å². The largest absolute Gasteiger partial charge is 0.467 e. The lowest BCUT2D eigenvalue weighted by Gasteiger charge is -2.34. The second kappa shape index (κ2) is 15.9. The number of ketones is 2. The highest BCUT2D eigenvalue weighted by atomic mass is 16.6. The minimum absolute atomic E-state index is 0.0300. The predicted octanol–water partition coefficient (Wildman–Crippen LogP) is 4.90. The third kappa shape index (κ3) is 8.94. The van der Waals surface area contributed by atoms with Crippen molar-refractivity contribution in [3.8, 4) is 0 Å². The van der Waals surface area contributed by atoms with Crippen LogP contribution in [0.2, 0.25) is 0 Å². The molecule has 2 aromatic rings. The van der Waals surface area contributed by atoms with Crippen LogP contribution in [0, 0.1) is 11.3 Å². The number of benzene rings is 1. The van der Waals surface area contributed by atoms with Crippen LogP contribution in [0.4, 0.5) is 5.69 Å². The molecule has 2 fully saturated rings. The summed E-state index contributed by atoms with van der Waals surface area (Å²) in [5.74, 6) is 0.194. The molecule has 1 N–H and O–H groups in total. The van der Waals surface area contributed by atoms with Gasteiger partial charge in [-0.25, -0.2) is 9.79 Å². The van der Waals surface area contributed by atoms with Gasteiger partial charge in [-0.1, -0.05) is 39.0 Å². The van der Waals surface area contributed by atoms with Crippen molar-refractivity contribution in [3.05, 3.63) is 58.4 Å². The Balaban J connectivity index is 1.14. The second-order valence-corrected chi connectivity index (χ2v) is 15.8. The molecule has 270 valence electrons. The number of aliphatic hydroxyl groups excluding tert-OH is 1. The van der Waals surface area contributed by atoms with Gasteiger partial charge >= 0.3 is 5.97 Å². The number of aryl methyl sites for hydroxylation is 1. The maximum Gasteiger partial charge on any atom is 0.336 e. The van der Waals surface area contributed by atoms with Crippen molar-refractivity contribution < 1.29 is 29.0 Å². The van der Waals surface area contributed by atoms with Crippen LogP contribution >= 0.6 is 0 Å². The summed E-state index contributed by atoms with van der Waals surface area (Å²) in [4.78, 5) is 53.7. The van der Waals surface area contributed by atoms with E-state index in [0.717, 1.165) is 80.8 Å². The number of nitrogens with zero attached hydrogens (tertiary/aromatic N) is 4. The number of aliphatic hydroxyl groups is 1. The topological polar surface area (TPSA) is 122 Å². The summed E-state index contributed by atoms with van der Waals surface area (Å²) in [6, 6.07) is 9.94. The molecule has 3 atom stereocenters. The lowest BCUT2D eigenvalue weighted by Crippen LogP contribution is -2.47. The number of hydrogen-bond acceptors (Lipinski definition) is 10. The van der Waals surface area contributed by atoms with E-state index in [1.807, 2.05) is 24.3 Å². The first-order valence-electron chi connectivity index (χ1n) is 18.5. The maximum absolute atomic E-state index is 14.0. The first kappa shape index (κ1) is 36.5. The zero-order valence-electron chi connectivity index (χ0n) is 30.3. The number of rotatable bonds is 12. The minimum atomic E-state index is -0.632. The van der Waals surface area contributed by atoms with E-state index in [4.69, 9.17) is 19.5 Å². The number of likely N-dealkylation sites (tertiary alicyclic amines) is 1. The number of fused-ring (bicyclic) bond motifs is 2. The maximum atomic E-state index is 14.0. The molecule has 0 amide bonds. The monoisotopic (exact) mass is 686 g/mol. The van der Waals surface area contributed by atoms with Gasteiger partial charge in [0.1, 0.15) is 0 Å².